The fourth-order valence-electron chi connectivity index (χ4n) is 10.5. The third-order valence-electron chi connectivity index (χ3n) is 15.4. The average Bonchev–Trinajstić information content (AvgIpc) is 1.67. The van der Waals surface area contributed by atoms with Gasteiger partial charge in [0.25, 0.3) is 44.5 Å². The lowest BCUT2D eigenvalue weighted by molar-refractivity contribution is 0.143. The van der Waals surface area contributed by atoms with Gasteiger partial charge in [0, 0.05) is 18.4 Å². The molecule has 0 spiro atoms. The Labute approximate surface area is 494 Å². The van der Waals surface area contributed by atoms with Crippen molar-refractivity contribution >= 4 is 66.7 Å². The molecule has 0 saturated carbocycles. The number of nitrogens with one attached hydrogen (secondary N) is 2. The van der Waals surface area contributed by atoms with E-state index in [1.165, 1.54) is 48.0 Å². The number of hydrogen-bond acceptors (Lipinski definition) is 12. The zero-order chi connectivity index (χ0) is 61.2. The van der Waals surface area contributed by atoms with E-state index in [0.29, 0.717) is 47.7 Å². The average molecular weight is 1160 g/mol. The minimum absolute atomic E-state index is 0.0454. The normalized spacial score (nSPS) is 11.3. The first-order chi connectivity index (χ1) is 41.9. The first kappa shape index (κ1) is 57.7. The lowest BCUT2D eigenvalue weighted by atomic mass is 10.0. The summed E-state index contributed by atoms with van der Waals surface area (Å²) >= 11 is 0. The van der Waals surface area contributed by atoms with Crippen molar-refractivity contribution < 1.29 is 19.1 Å². The number of aryl methyl sites for hydroxylation is 3. The number of hydrogen-bond donors (Lipinski definition) is 2. The second kappa shape index (κ2) is 24.2. The van der Waals surface area contributed by atoms with Crippen molar-refractivity contribution in [2.45, 2.75) is 52.9 Å². The Morgan fingerprint density at radius 3 is 0.920 bits per heavy atom. The summed E-state index contributed by atoms with van der Waals surface area (Å²) < 4.78 is 14.4. The highest BCUT2D eigenvalue weighted by Gasteiger charge is 2.23. The van der Waals surface area contributed by atoms with Crippen LogP contribution in [0.4, 0.5) is 21.0 Å². The zero-order valence-electron chi connectivity index (χ0n) is 47.8. The minimum atomic E-state index is -0.601. The molecule has 0 atom stereocenters. The number of nitrogens with zero attached hydrogens (tertiary/aromatic N) is 4. The number of amides is 2. The molecule has 2 amide bonds. The van der Waals surface area contributed by atoms with Crippen molar-refractivity contribution in [2.24, 2.45) is 7.05 Å². The molecule has 8 aromatic carbocycles. The van der Waals surface area contributed by atoms with Gasteiger partial charge in [-0.05, 0) is 159 Å². The van der Waals surface area contributed by atoms with Gasteiger partial charge < -0.3 is 9.47 Å². The molecule has 12 aromatic rings. The molecular formula is C69H56N6O12. The summed E-state index contributed by atoms with van der Waals surface area (Å²) in [4.78, 5) is 129. The molecule has 4 aromatic heterocycles. The fraction of sp³-hybridized carbons (Fsp3) is 0.159. The number of benzene rings is 8. The van der Waals surface area contributed by atoms with Crippen LogP contribution in [0.1, 0.15) is 58.7 Å². The van der Waals surface area contributed by atoms with Crippen LogP contribution in [0.2, 0.25) is 0 Å². The standard InChI is InChI=1S/C42H26N4O8.C27H30N2O4/c1-3-21-4-10-24(11-5-21)44-39(51)31-19-33-34(20-32(31)40(44)52)42(54)46(41(33)53)26-14-8-23(9-15-26)16-22-6-12-25(13-7-22)45-37(49)29-17-27-28(18-30(29)38(45)50)36(48)43(2)35(27)47;1-20-5-9-22(10-6-20)19-23-11-15-25(16-12-23)29-27(31)33-18-4-3-17-32-26(30)28-24-13-7-21(2)8-14-24/h4-15,17-20H,3,16H2,1-2H3;5-16H,3-4,17-19H2,1-2H3,(H,28,30)(H,29,31). The van der Waals surface area contributed by atoms with Crippen LogP contribution in [0, 0.1) is 13.8 Å². The Bertz CT molecular complexity index is 4910. The van der Waals surface area contributed by atoms with Gasteiger partial charge in [0.2, 0.25) is 0 Å². The Morgan fingerprint density at radius 2 is 0.609 bits per heavy atom. The molecule has 0 aliphatic carbocycles. The molecule has 0 bridgehead atoms. The summed E-state index contributed by atoms with van der Waals surface area (Å²) in [6, 6.07) is 49.6. The van der Waals surface area contributed by atoms with E-state index >= 15 is 0 Å². The summed E-state index contributed by atoms with van der Waals surface area (Å²) in [5, 5.41) is 5.91. The van der Waals surface area contributed by atoms with E-state index < -0.39 is 56.7 Å². The first-order valence-corrected chi connectivity index (χ1v) is 28.1. The van der Waals surface area contributed by atoms with Gasteiger partial charge in [0.05, 0.1) is 73.4 Å². The summed E-state index contributed by atoms with van der Waals surface area (Å²) in [6.07, 6.45) is 2.29. The van der Waals surface area contributed by atoms with Crippen LogP contribution in [0.15, 0.2) is 208 Å². The predicted molar refractivity (Wildman–Crippen MR) is 338 cm³/mol. The maximum absolute atomic E-state index is 13.6. The number of ether oxygens (including phenoxy) is 2. The van der Waals surface area contributed by atoms with E-state index in [4.69, 9.17) is 9.47 Å². The van der Waals surface area contributed by atoms with Crippen LogP contribution in [0.5, 0.6) is 0 Å². The van der Waals surface area contributed by atoms with Crippen molar-refractivity contribution in [3.63, 3.8) is 0 Å². The van der Waals surface area contributed by atoms with Crippen LogP contribution < -0.4 is 55.1 Å². The van der Waals surface area contributed by atoms with Gasteiger partial charge in [-0.3, -0.25) is 53.6 Å². The lowest BCUT2D eigenvalue weighted by Gasteiger charge is -2.09. The molecule has 2 N–H and O–H groups in total. The highest BCUT2D eigenvalue weighted by Crippen LogP contribution is 2.22. The molecule has 0 aliphatic rings. The molecular weight excluding hydrogens is 1100 g/mol. The van der Waals surface area contributed by atoms with Crippen molar-refractivity contribution in [3.8, 4) is 17.1 Å². The molecule has 0 saturated heterocycles. The second-order valence-corrected chi connectivity index (χ2v) is 21.4. The molecule has 0 fully saturated rings. The van der Waals surface area contributed by atoms with E-state index in [1.807, 2.05) is 74.5 Å². The van der Waals surface area contributed by atoms with Gasteiger partial charge in [-0.15, -0.1) is 0 Å². The highest BCUT2D eigenvalue weighted by molar-refractivity contribution is 5.99. The summed E-state index contributed by atoms with van der Waals surface area (Å²) in [5.41, 5.74) is 5.39. The Hall–Kier alpha value is -11.1. The summed E-state index contributed by atoms with van der Waals surface area (Å²) in [6.45, 7) is 6.56. The van der Waals surface area contributed by atoms with Gasteiger partial charge in [0.15, 0.2) is 0 Å². The number of anilines is 2. The van der Waals surface area contributed by atoms with Crippen molar-refractivity contribution in [2.75, 3.05) is 23.8 Å². The maximum Gasteiger partial charge on any atom is 0.411 e. The molecule has 18 nitrogen and oxygen atoms in total. The maximum atomic E-state index is 13.6. The number of carbonyl (C=O) groups is 2. The van der Waals surface area contributed by atoms with Crippen molar-refractivity contribution in [3.05, 3.63) is 292 Å². The molecule has 0 aliphatic heterocycles. The van der Waals surface area contributed by atoms with Gasteiger partial charge in [-0.1, -0.05) is 103 Å². The molecule has 0 radical (unpaired) electrons. The number of unbranched alkanes of at least 4 members (excludes halogenated alkanes) is 1. The van der Waals surface area contributed by atoms with Gasteiger partial charge in [0.1, 0.15) is 0 Å². The summed E-state index contributed by atoms with van der Waals surface area (Å²) in [7, 11) is 1.34. The largest absolute Gasteiger partial charge is 0.449 e. The monoisotopic (exact) mass is 1160 g/mol. The molecule has 87 heavy (non-hydrogen) atoms. The van der Waals surface area contributed by atoms with Gasteiger partial charge in [-0.2, -0.15) is 0 Å². The molecule has 434 valence electrons. The van der Waals surface area contributed by atoms with E-state index in [1.54, 1.807) is 60.7 Å². The van der Waals surface area contributed by atoms with E-state index in [2.05, 4.69) is 41.8 Å². The van der Waals surface area contributed by atoms with Crippen LogP contribution >= 0.6 is 0 Å². The Morgan fingerprint density at radius 1 is 0.356 bits per heavy atom. The molecule has 18 heteroatoms. The number of fused-ring (bicyclic) bond motifs is 4. The topological polar surface area (TPSA) is 233 Å². The quantitative estimate of drug-likeness (QED) is 0.0915. The summed E-state index contributed by atoms with van der Waals surface area (Å²) in [5.74, 6) is 0. The van der Waals surface area contributed by atoms with Crippen molar-refractivity contribution in [1.82, 2.24) is 18.3 Å². The van der Waals surface area contributed by atoms with Crippen LogP contribution in [0.25, 0.3) is 60.2 Å². The Kier molecular flexibility index (Phi) is 16.1. The Balaban J connectivity index is 0.000000204. The zero-order valence-corrected chi connectivity index (χ0v) is 47.8. The van der Waals surface area contributed by atoms with Crippen LogP contribution in [-0.2, 0) is 35.8 Å². The van der Waals surface area contributed by atoms with E-state index in [-0.39, 0.29) is 56.3 Å². The van der Waals surface area contributed by atoms with E-state index in [9.17, 15) is 47.9 Å². The first-order valence-electron chi connectivity index (χ1n) is 28.1. The number of aromatic nitrogens is 4. The highest BCUT2D eigenvalue weighted by atomic mass is 16.6. The van der Waals surface area contributed by atoms with Gasteiger partial charge >= 0.3 is 12.2 Å². The third kappa shape index (κ3) is 11.8. The number of rotatable bonds is 15. The third-order valence-corrected chi connectivity index (χ3v) is 15.4. The number of carbonyl (C=O) groups excluding carboxylic acids is 2. The molecule has 4 heterocycles. The van der Waals surface area contributed by atoms with Crippen LogP contribution in [-0.4, -0.2) is 43.7 Å². The minimum Gasteiger partial charge on any atom is -0.449 e. The second-order valence-electron chi connectivity index (χ2n) is 21.4. The molecule has 0 unspecified atom stereocenters. The molecule has 12 rings (SSSR count). The van der Waals surface area contributed by atoms with Crippen molar-refractivity contribution in [1.29, 1.82) is 0 Å². The van der Waals surface area contributed by atoms with Gasteiger partial charge in [-0.25, -0.2) is 23.3 Å². The van der Waals surface area contributed by atoms with E-state index in [0.717, 1.165) is 53.4 Å². The fourth-order valence-corrected chi connectivity index (χ4v) is 10.5. The SMILES string of the molecule is CCc1ccc(-n2c(=O)c3cc4c(=O)n(-c5ccc(Cc6ccc(-n7c(=O)c8cc9c(=O)n(C)c(=O)c9cc8c7=O)cc6)cc5)c(=O)c4cc3c2=O)cc1.Cc1ccc(Cc2ccc(NC(=O)OCCCCOC(=O)Nc3ccc(C)cc3)cc2)cc1. The smallest absolute Gasteiger partial charge is 0.411 e. The lowest BCUT2D eigenvalue weighted by Crippen LogP contribution is -2.24. The predicted octanol–water partition coefficient (Wildman–Crippen LogP) is 9.27. The van der Waals surface area contributed by atoms with Crippen LogP contribution in [0.3, 0.4) is 0 Å².